The Morgan fingerprint density at radius 1 is 0.935 bits per heavy atom. The van der Waals surface area contributed by atoms with Crippen molar-refractivity contribution in [3.8, 4) is 0 Å². The number of halogens is 2. The van der Waals surface area contributed by atoms with Gasteiger partial charge < -0.3 is 17.3 Å². The van der Waals surface area contributed by atoms with Crippen molar-refractivity contribution < 1.29 is 17.0 Å². The van der Waals surface area contributed by atoms with Gasteiger partial charge in [-0.3, -0.25) is 0 Å². The summed E-state index contributed by atoms with van der Waals surface area (Å²) in [7, 11) is 7.92. The van der Waals surface area contributed by atoms with Gasteiger partial charge in [-0.1, -0.05) is 80.7 Å². The van der Waals surface area contributed by atoms with Gasteiger partial charge in [-0.25, -0.2) is 0 Å². The molecule has 31 heavy (non-hydrogen) atoms. The zero-order valence-electron chi connectivity index (χ0n) is 18.6. The molecule has 4 unspecified atom stereocenters. The van der Waals surface area contributed by atoms with E-state index in [1.165, 1.54) is 17.8 Å². The number of anilines is 2. The van der Waals surface area contributed by atoms with E-state index in [0.29, 0.717) is 11.8 Å². The van der Waals surface area contributed by atoms with E-state index in [4.69, 9.17) is 23.9 Å². The third-order valence-electron chi connectivity index (χ3n) is 6.85. The number of hydrogen-bond acceptors (Lipinski definition) is 1. The van der Waals surface area contributed by atoms with Gasteiger partial charge in [0, 0.05) is 11.4 Å². The molecule has 0 spiro atoms. The Bertz CT molecular complexity index is 917. The maximum atomic E-state index is 4.96. The molecule has 0 aromatic heterocycles. The average Bonchev–Trinajstić information content (AvgIpc) is 3.08. The van der Waals surface area contributed by atoms with Crippen LogP contribution in [-0.2, 0) is 17.0 Å². The minimum absolute atomic E-state index is 0. The molecule has 0 radical (unpaired) electrons. The third kappa shape index (κ3) is 4.58. The second-order valence-corrected chi connectivity index (χ2v) is 15.9. The molecule has 1 fully saturated rings. The zero-order chi connectivity index (χ0) is 21.3. The van der Waals surface area contributed by atoms with Crippen LogP contribution in [-0.4, -0.2) is 8.24 Å². The fourth-order valence-electron chi connectivity index (χ4n) is 5.94. The normalized spacial score (nSPS) is 25.1. The van der Waals surface area contributed by atoms with Crippen LogP contribution in [0.1, 0.15) is 13.3 Å². The van der Waals surface area contributed by atoms with Gasteiger partial charge in [0.05, 0.1) is 0 Å². The van der Waals surface area contributed by atoms with Crippen LogP contribution in [0.15, 0.2) is 72.8 Å². The van der Waals surface area contributed by atoms with Crippen LogP contribution in [0.4, 0.5) is 22.7 Å². The van der Waals surface area contributed by atoms with Gasteiger partial charge in [0.2, 0.25) is 0 Å². The van der Waals surface area contributed by atoms with Crippen molar-refractivity contribution in [2.45, 2.75) is 32.0 Å². The first-order valence-corrected chi connectivity index (χ1v) is 17.8. The van der Waals surface area contributed by atoms with Gasteiger partial charge in [-0.05, 0) is 41.8 Å². The fourth-order valence-corrected chi connectivity index (χ4v) is 10.7. The van der Waals surface area contributed by atoms with E-state index >= 15 is 0 Å². The van der Waals surface area contributed by atoms with E-state index in [-0.39, 0.29) is 7.43 Å². The van der Waals surface area contributed by atoms with Gasteiger partial charge >= 0.3 is 35.6 Å². The second-order valence-electron chi connectivity index (χ2n) is 8.90. The molecule has 1 heterocycles. The van der Waals surface area contributed by atoms with Crippen LogP contribution in [0, 0.1) is 25.2 Å². The number of hydrogen-bond donors (Lipinski definition) is 0. The van der Waals surface area contributed by atoms with E-state index in [0.717, 1.165) is 22.8 Å². The summed E-state index contributed by atoms with van der Waals surface area (Å²) in [5.74, 6) is 2.12. The van der Waals surface area contributed by atoms with Gasteiger partial charge in [-0.15, -0.1) is 11.4 Å². The average molecular weight is 505 g/mol. The number of fused-ring (bicyclic) bond motifs is 3. The molecule has 0 amide bonds. The zero-order valence-corrected chi connectivity index (χ0v) is 22.7. The summed E-state index contributed by atoms with van der Waals surface area (Å²) in [5, 5.41) is 4.96. The predicted octanol–water partition coefficient (Wildman–Crippen LogP) is 9.28. The summed E-state index contributed by atoms with van der Waals surface area (Å²) in [6.45, 7) is 7.62. The van der Waals surface area contributed by atoms with Crippen molar-refractivity contribution in [1.82, 2.24) is 0 Å². The van der Waals surface area contributed by atoms with Crippen LogP contribution in [0.2, 0.25) is 18.6 Å². The first-order valence-electron chi connectivity index (χ1n) is 10.5. The van der Waals surface area contributed by atoms with Crippen LogP contribution < -0.4 is 4.57 Å². The Labute approximate surface area is 205 Å². The maximum absolute atomic E-state index is 4.96. The first kappa shape index (κ1) is 24.7. The number of nitrogens with zero attached hydrogens (tertiary/aromatic N) is 2. The van der Waals surface area contributed by atoms with Crippen molar-refractivity contribution in [2.75, 3.05) is 4.57 Å². The summed E-state index contributed by atoms with van der Waals surface area (Å²) in [6.07, 6.45) is 10.8. The molecule has 4 atom stereocenters. The molecule has 0 N–H and O–H groups in total. The SMILES string of the molecule is CC1CC2C=CC=CC2C1[Si](C)(C)N1c2ccccc2[N-]c2ccccc21.[CH3-].[Cl][Ti][Cl]. The van der Waals surface area contributed by atoms with Crippen molar-refractivity contribution in [3.05, 3.63) is 85.6 Å². The van der Waals surface area contributed by atoms with Gasteiger partial charge in [0.15, 0.2) is 8.24 Å². The van der Waals surface area contributed by atoms with Crippen LogP contribution in [0.5, 0.6) is 0 Å². The Morgan fingerprint density at radius 2 is 1.45 bits per heavy atom. The standard InChI is InChI=1S/C24H27N2Si.CH3.2ClH.Ti/c1-17-16-18-10-4-5-11-19(18)24(17)27(2,3)26-22-14-8-6-12-20(22)25-21-13-7-9-15-23(21)26;;;;/h4-15,17-19,24H,16H2,1-3H3;1H3;2*1H;/q2*-1;;;+2/p-2. The van der Waals surface area contributed by atoms with E-state index in [9.17, 15) is 0 Å². The van der Waals surface area contributed by atoms with Gasteiger partial charge in [0.1, 0.15) is 0 Å². The van der Waals surface area contributed by atoms with Crippen molar-refractivity contribution in [2.24, 2.45) is 17.8 Å². The number of benzene rings is 2. The predicted molar refractivity (Wildman–Crippen MR) is 136 cm³/mol. The molecular weight excluding hydrogens is 475 g/mol. The van der Waals surface area contributed by atoms with Gasteiger partial charge in [-0.2, -0.15) is 0 Å². The molecule has 6 heteroatoms. The van der Waals surface area contributed by atoms with Crippen molar-refractivity contribution in [3.63, 3.8) is 0 Å². The number of para-hydroxylation sites is 4. The summed E-state index contributed by atoms with van der Waals surface area (Å²) in [4.78, 5) is 0. The molecule has 2 aromatic carbocycles. The summed E-state index contributed by atoms with van der Waals surface area (Å²) < 4.78 is 2.71. The molecule has 5 rings (SSSR count). The van der Waals surface area contributed by atoms with Crippen LogP contribution in [0.3, 0.4) is 0 Å². The van der Waals surface area contributed by atoms with Crippen molar-refractivity contribution in [1.29, 1.82) is 0 Å². The molecule has 1 saturated carbocycles. The minimum atomic E-state index is -1.86. The van der Waals surface area contributed by atoms with E-state index < -0.39 is 25.3 Å². The molecule has 1 aliphatic heterocycles. The third-order valence-corrected chi connectivity index (χ3v) is 11.1. The summed E-state index contributed by atoms with van der Waals surface area (Å²) in [6, 6.07) is 17.4. The first-order chi connectivity index (χ1) is 14.5. The number of allylic oxidation sites excluding steroid dienone is 4. The van der Waals surface area contributed by atoms with E-state index in [1.54, 1.807) is 0 Å². The molecule has 2 nitrogen and oxygen atoms in total. The van der Waals surface area contributed by atoms with Crippen LogP contribution in [0.25, 0.3) is 5.32 Å². The molecule has 2 aliphatic carbocycles. The molecule has 0 saturated heterocycles. The number of rotatable bonds is 2. The van der Waals surface area contributed by atoms with E-state index in [2.05, 4.69) is 97.4 Å². The Hall–Kier alpha value is -0.969. The molecule has 164 valence electrons. The van der Waals surface area contributed by atoms with E-state index in [1.807, 2.05) is 0 Å². The molecule has 0 bridgehead atoms. The Morgan fingerprint density at radius 3 is 2.03 bits per heavy atom. The molecule has 3 aliphatic rings. The second kappa shape index (κ2) is 10.3. The Balaban J connectivity index is 0.000000645. The monoisotopic (exact) mass is 504 g/mol. The molecule has 2 aromatic rings. The van der Waals surface area contributed by atoms with Crippen molar-refractivity contribution >= 4 is 49.6 Å². The summed E-state index contributed by atoms with van der Waals surface area (Å²) in [5.41, 5.74) is 5.52. The van der Waals surface area contributed by atoms with Crippen LogP contribution >= 0.6 is 18.6 Å². The topological polar surface area (TPSA) is 17.3 Å². The Kier molecular flexibility index (Phi) is 8.21. The van der Waals surface area contributed by atoms with Gasteiger partial charge in [0.25, 0.3) is 0 Å². The fraction of sp³-hybridized carbons (Fsp3) is 0.320. The quantitative estimate of drug-likeness (QED) is 0.294. The summed E-state index contributed by atoms with van der Waals surface area (Å²) >= 11 is -0.556. The molecular formula is C25H30Cl2N2SiTi-2.